The van der Waals surface area contributed by atoms with Gasteiger partial charge in [0, 0.05) is 27.8 Å². The average Bonchev–Trinajstić information content (AvgIpc) is 3.37. The van der Waals surface area contributed by atoms with Crippen molar-refractivity contribution in [3.05, 3.63) is 105 Å². The van der Waals surface area contributed by atoms with Crippen molar-refractivity contribution >= 4 is 16.9 Å². The zero-order valence-electron chi connectivity index (χ0n) is 17.1. The quantitative estimate of drug-likeness (QED) is 0.488. The smallest absolute Gasteiger partial charge is 0.206 e. The van der Waals surface area contributed by atoms with E-state index in [1.165, 1.54) is 12.1 Å². The Morgan fingerprint density at radius 2 is 1.24 bits per heavy atom. The van der Waals surface area contributed by atoms with Crippen molar-refractivity contribution in [1.29, 1.82) is 26.3 Å². The Bertz CT molecular complexity index is 1650. The van der Waals surface area contributed by atoms with Gasteiger partial charge in [0.1, 0.15) is 29.3 Å². The van der Waals surface area contributed by atoms with Crippen LogP contribution in [0, 0.1) is 68.4 Å². The highest BCUT2D eigenvalue weighted by Gasteiger charge is 2.35. The minimum Gasteiger partial charge on any atom is -0.207 e. The third-order valence-corrected chi connectivity index (χ3v) is 5.34. The Hall–Kier alpha value is -5.62. The van der Waals surface area contributed by atoms with Gasteiger partial charge in [-0.05, 0) is 47.6 Å². The molecule has 0 spiro atoms. The van der Waals surface area contributed by atoms with E-state index in [0.29, 0.717) is 33.4 Å². The number of nitriles is 5. The number of rotatable bonds is 2. The predicted octanol–water partition coefficient (Wildman–Crippen LogP) is 4.76. The average molecular weight is 442 g/mol. The maximum atomic E-state index is 13.7. The summed E-state index contributed by atoms with van der Waals surface area (Å²) in [5, 5.41) is 47.5. The molecule has 0 radical (unpaired) electrons. The first-order chi connectivity index (χ1) is 16.5. The number of halogens is 2. The summed E-state index contributed by atoms with van der Waals surface area (Å²) in [6.07, 6.45) is 4.82. The number of aliphatic imine (C=N–C) groups is 1. The van der Waals surface area contributed by atoms with Gasteiger partial charge < -0.3 is 0 Å². The Morgan fingerprint density at radius 1 is 0.706 bits per heavy atom. The molecule has 0 saturated carbocycles. The number of allylic oxidation sites excluding steroid dienone is 8. The number of hydrogen-bond donors (Lipinski definition) is 0. The van der Waals surface area contributed by atoms with Crippen LogP contribution in [0.25, 0.3) is 11.1 Å². The van der Waals surface area contributed by atoms with E-state index >= 15 is 0 Å². The Morgan fingerprint density at radius 3 is 1.74 bits per heavy atom. The van der Waals surface area contributed by atoms with Gasteiger partial charge in [-0.3, -0.25) is 0 Å². The molecule has 0 aromatic heterocycles. The van der Waals surface area contributed by atoms with Gasteiger partial charge in [-0.25, -0.2) is 8.78 Å². The molecule has 2 aromatic rings. The van der Waals surface area contributed by atoms with E-state index in [2.05, 4.69) is 4.99 Å². The zero-order chi connectivity index (χ0) is 24.4. The summed E-state index contributed by atoms with van der Waals surface area (Å²) in [5.41, 5.74) is 2.10. The molecule has 0 heterocycles. The Kier molecular flexibility index (Phi) is 5.39. The van der Waals surface area contributed by atoms with Crippen LogP contribution in [0.2, 0.25) is 0 Å². The van der Waals surface area contributed by atoms with Gasteiger partial charge >= 0.3 is 0 Å². The molecule has 34 heavy (non-hydrogen) atoms. The normalized spacial score (nSPS) is 14.9. The maximum Gasteiger partial charge on any atom is 0.206 e. The second kappa shape index (κ2) is 8.49. The fourth-order valence-electron chi connectivity index (χ4n) is 3.96. The first-order valence-electron chi connectivity index (χ1n) is 9.57. The number of benzene rings is 2. The van der Waals surface area contributed by atoms with Gasteiger partial charge in [-0.2, -0.15) is 31.3 Å². The molecular formula is C26H8F2N6. The van der Waals surface area contributed by atoms with E-state index in [1.54, 1.807) is 18.3 Å². The Balaban J connectivity index is 2.00. The summed E-state index contributed by atoms with van der Waals surface area (Å²) in [5.74, 6) is -1.24. The van der Waals surface area contributed by atoms with Crippen molar-refractivity contribution in [3.8, 4) is 30.5 Å². The van der Waals surface area contributed by atoms with Gasteiger partial charge in [0.05, 0.1) is 29.0 Å². The highest BCUT2D eigenvalue weighted by atomic mass is 19.1. The molecule has 2 aliphatic carbocycles. The second-order valence-corrected chi connectivity index (χ2v) is 7.08. The van der Waals surface area contributed by atoms with Gasteiger partial charge in [-0.1, -0.05) is 12.1 Å². The van der Waals surface area contributed by atoms with Crippen LogP contribution in [-0.4, -0.2) is 5.71 Å². The van der Waals surface area contributed by atoms with Crippen molar-refractivity contribution in [2.45, 2.75) is 0 Å². The van der Waals surface area contributed by atoms with Crippen LogP contribution in [0.4, 0.5) is 8.78 Å². The van der Waals surface area contributed by atoms with Crippen LogP contribution in [-0.2, 0) is 0 Å². The minimum atomic E-state index is -0.625. The standard InChI is InChI=1S/C26H8F2N6/c27-17-1-3-19(14(5-17)9-29)21-7-24-22(25(21)16(11-31)12-32)8-23(26(24)34-13-33)20-4-2-18(28)6-15(20)10-30/h1-8H. The molecule has 0 fully saturated rings. The molecule has 0 saturated heterocycles. The van der Waals surface area contributed by atoms with Crippen LogP contribution in [0.1, 0.15) is 22.3 Å². The van der Waals surface area contributed by atoms with Crippen molar-refractivity contribution in [2.24, 2.45) is 4.99 Å². The molecule has 0 atom stereocenters. The fraction of sp³-hybridized carbons (Fsp3) is 0. The molecule has 8 heteroatoms. The number of nitrogens with zero attached hydrogens (tertiary/aromatic N) is 6. The highest BCUT2D eigenvalue weighted by molar-refractivity contribution is 6.38. The van der Waals surface area contributed by atoms with Crippen LogP contribution >= 0.6 is 0 Å². The van der Waals surface area contributed by atoms with E-state index < -0.39 is 11.6 Å². The monoisotopic (exact) mass is 442 g/mol. The lowest BCUT2D eigenvalue weighted by atomic mass is 9.89. The van der Waals surface area contributed by atoms with Crippen LogP contribution in [0.5, 0.6) is 0 Å². The summed E-state index contributed by atoms with van der Waals surface area (Å²) in [4.78, 5) is 3.89. The first kappa shape index (κ1) is 21.6. The third-order valence-electron chi connectivity index (χ3n) is 5.34. The van der Waals surface area contributed by atoms with Gasteiger partial charge in [0.15, 0.2) is 0 Å². The van der Waals surface area contributed by atoms with Gasteiger partial charge in [0.25, 0.3) is 0 Å². The van der Waals surface area contributed by atoms with Crippen LogP contribution in [0.15, 0.2) is 75.8 Å². The molecule has 156 valence electrons. The topological polar surface area (TPSA) is 131 Å². The third kappa shape index (κ3) is 3.34. The minimum absolute atomic E-state index is 0.00608. The van der Waals surface area contributed by atoms with E-state index in [0.717, 1.165) is 24.3 Å². The van der Waals surface area contributed by atoms with Gasteiger partial charge in [0.2, 0.25) is 6.19 Å². The van der Waals surface area contributed by atoms with Crippen molar-refractivity contribution < 1.29 is 8.78 Å². The highest BCUT2D eigenvalue weighted by Crippen LogP contribution is 2.47. The molecule has 2 aromatic carbocycles. The molecule has 6 nitrogen and oxygen atoms in total. The molecule has 0 aliphatic heterocycles. The number of hydrogen-bond acceptors (Lipinski definition) is 6. The Labute approximate surface area is 192 Å². The summed E-state index contributed by atoms with van der Waals surface area (Å²) in [7, 11) is 0. The first-order valence-corrected chi connectivity index (χ1v) is 9.57. The molecular weight excluding hydrogens is 434 g/mol. The lowest BCUT2D eigenvalue weighted by Crippen LogP contribution is -2.03. The van der Waals surface area contributed by atoms with E-state index in [4.69, 9.17) is 0 Å². The summed E-state index contributed by atoms with van der Waals surface area (Å²) >= 11 is 0. The van der Waals surface area contributed by atoms with Crippen molar-refractivity contribution in [1.82, 2.24) is 0 Å². The van der Waals surface area contributed by atoms with Crippen molar-refractivity contribution in [3.63, 3.8) is 0 Å². The lowest BCUT2D eigenvalue weighted by Gasteiger charge is -2.12. The van der Waals surface area contributed by atoms with Crippen molar-refractivity contribution in [2.75, 3.05) is 0 Å². The van der Waals surface area contributed by atoms with E-state index in [9.17, 15) is 35.1 Å². The summed E-state index contributed by atoms with van der Waals surface area (Å²) in [6, 6.07) is 14.7. The van der Waals surface area contributed by atoms with E-state index in [1.807, 2.05) is 24.3 Å². The molecule has 2 aliphatic rings. The van der Waals surface area contributed by atoms with Crippen LogP contribution in [0.3, 0.4) is 0 Å². The predicted molar refractivity (Wildman–Crippen MR) is 117 cm³/mol. The lowest BCUT2D eigenvalue weighted by molar-refractivity contribution is 0.627. The van der Waals surface area contributed by atoms with E-state index in [-0.39, 0.29) is 28.0 Å². The molecule has 0 N–H and O–H groups in total. The second-order valence-electron chi connectivity index (χ2n) is 7.08. The summed E-state index contributed by atoms with van der Waals surface area (Å²) in [6.45, 7) is 0. The molecule has 0 bridgehead atoms. The largest absolute Gasteiger partial charge is 0.207 e. The van der Waals surface area contributed by atoms with Crippen LogP contribution < -0.4 is 0 Å². The molecule has 0 amide bonds. The molecule has 0 unspecified atom stereocenters. The molecule has 4 rings (SSSR count). The summed E-state index contributed by atoms with van der Waals surface area (Å²) < 4.78 is 27.4. The SMILES string of the molecule is N#CN=C1C(c2ccc(F)cc2C#N)=CC2=C1C=C(c1ccc(F)cc1C#N)C2=C(C#N)C#N. The maximum absolute atomic E-state index is 13.7. The zero-order valence-corrected chi connectivity index (χ0v) is 17.1. The fourth-order valence-corrected chi connectivity index (χ4v) is 3.96. The van der Waals surface area contributed by atoms with Gasteiger partial charge in [-0.15, -0.1) is 0 Å².